The van der Waals surface area contributed by atoms with Gasteiger partial charge >= 0.3 is 5.63 Å². The second-order valence-corrected chi connectivity index (χ2v) is 6.62. The van der Waals surface area contributed by atoms with E-state index in [0.717, 1.165) is 0 Å². The number of nitrogens with one attached hydrogen (secondary N) is 2. The SMILES string of the molecule is CC(=O)Nc1ccc(C(=O)Nc2cccc(-c3nc4ccccc4c(=O)o3)c2)cc1. The minimum atomic E-state index is -0.468. The van der Waals surface area contributed by atoms with Crippen molar-refractivity contribution in [3.05, 3.63) is 88.8 Å². The Bertz CT molecular complexity index is 1310. The normalized spacial score (nSPS) is 10.6. The van der Waals surface area contributed by atoms with Gasteiger partial charge in [-0.15, -0.1) is 0 Å². The minimum absolute atomic E-state index is 0.175. The Morgan fingerprint density at radius 1 is 0.867 bits per heavy atom. The lowest BCUT2D eigenvalue weighted by molar-refractivity contribution is -0.114. The molecule has 0 radical (unpaired) electrons. The van der Waals surface area contributed by atoms with E-state index in [-0.39, 0.29) is 17.7 Å². The molecule has 0 saturated heterocycles. The number of carbonyl (C=O) groups is 2. The molecule has 7 nitrogen and oxygen atoms in total. The van der Waals surface area contributed by atoms with Gasteiger partial charge in [0.2, 0.25) is 11.8 Å². The average Bonchev–Trinajstić information content (AvgIpc) is 2.74. The number of benzene rings is 3. The summed E-state index contributed by atoms with van der Waals surface area (Å²) in [5.41, 5.74) is 2.21. The first-order valence-corrected chi connectivity index (χ1v) is 9.19. The first kappa shape index (κ1) is 19.1. The van der Waals surface area contributed by atoms with Gasteiger partial charge in [-0.25, -0.2) is 9.78 Å². The van der Waals surface area contributed by atoms with Crippen LogP contribution in [0, 0.1) is 0 Å². The van der Waals surface area contributed by atoms with Crippen molar-refractivity contribution in [1.82, 2.24) is 4.98 Å². The summed E-state index contributed by atoms with van der Waals surface area (Å²) in [5, 5.41) is 5.87. The van der Waals surface area contributed by atoms with Crippen molar-refractivity contribution in [2.24, 2.45) is 0 Å². The van der Waals surface area contributed by atoms with Gasteiger partial charge in [0.15, 0.2) is 0 Å². The fraction of sp³-hybridized carbons (Fsp3) is 0.0435. The molecule has 4 aromatic rings. The lowest BCUT2D eigenvalue weighted by atomic mass is 10.1. The van der Waals surface area contributed by atoms with Gasteiger partial charge < -0.3 is 15.1 Å². The zero-order valence-electron chi connectivity index (χ0n) is 16.0. The predicted molar refractivity (Wildman–Crippen MR) is 114 cm³/mol. The smallest absolute Gasteiger partial charge is 0.347 e. The van der Waals surface area contributed by atoms with Crippen molar-refractivity contribution in [3.8, 4) is 11.5 Å². The van der Waals surface area contributed by atoms with Crippen LogP contribution in [0.5, 0.6) is 0 Å². The topological polar surface area (TPSA) is 101 Å². The minimum Gasteiger partial charge on any atom is -0.403 e. The van der Waals surface area contributed by atoms with Crippen LogP contribution in [0.1, 0.15) is 17.3 Å². The molecule has 0 aliphatic carbocycles. The summed E-state index contributed by atoms with van der Waals surface area (Å²) < 4.78 is 5.35. The first-order valence-electron chi connectivity index (χ1n) is 9.19. The van der Waals surface area contributed by atoms with E-state index in [4.69, 9.17) is 4.42 Å². The maximum atomic E-state index is 12.5. The van der Waals surface area contributed by atoms with Crippen LogP contribution in [0.15, 0.2) is 82.0 Å². The van der Waals surface area contributed by atoms with E-state index in [0.29, 0.717) is 33.4 Å². The number of hydrogen-bond acceptors (Lipinski definition) is 5. The van der Waals surface area contributed by atoms with E-state index in [1.54, 1.807) is 72.8 Å². The maximum absolute atomic E-state index is 12.5. The molecule has 2 amide bonds. The number of fused-ring (bicyclic) bond motifs is 1. The fourth-order valence-electron chi connectivity index (χ4n) is 2.98. The van der Waals surface area contributed by atoms with Gasteiger partial charge in [-0.3, -0.25) is 9.59 Å². The third kappa shape index (κ3) is 4.10. The van der Waals surface area contributed by atoms with Gasteiger partial charge in [0.1, 0.15) is 0 Å². The van der Waals surface area contributed by atoms with Gasteiger partial charge in [-0.1, -0.05) is 18.2 Å². The number of rotatable bonds is 4. The average molecular weight is 399 g/mol. The van der Waals surface area contributed by atoms with Crippen molar-refractivity contribution in [3.63, 3.8) is 0 Å². The predicted octanol–water partition coefficient (Wildman–Crippen LogP) is 4.07. The molecule has 0 spiro atoms. The van der Waals surface area contributed by atoms with E-state index in [1.807, 2.05) is 0 Å². The molecule has 3 aromatic carbocycles. The molecule has 4 rings (SSSR count). The zero-order chi connectivity index (χ0) is 21.1. The molecule has 1 heterocycles. The highest BCUT2D eigenvalue weighted by Gasteiger charge is 2.11. The molecule has 2 N–H and O–H groups in total. The third-order valence-electron chi connectivity index (χ3n) is 4.37. The van der Waals surface area contributed by atoms with E-state index in [2.05, 4.69) is 15.6 Å². The van der Waals surface area contributed by atoms with Crippen molar-refractivity contribution < 1.29 is 14.0 Å². The summed E-state index contributed by atoms with van der Waals surface area (Å²) in [7, 11) is 0. The van der Waals surface area contributed by atoms with Gasteiger partial charge in [0.05, 0.1) is 10.9 Å². The molecule has 0 bridgehead atoms. The van der Waals surface area contributed by atoms with Crippen molar-refractivity contribution in [2.45, 2.75) is 6.92 Å². The molecule has 1 aromatic heterocycles. The number of aromatic nitrogens is 1. The summed E-state index contributed by atoms with van der Waals surface area (Å²) >= 11 is 0. The summed E-state index contributed by atoms with van der Waals surface area (Å²) in [6, 6.07) is 20.4. The fourth-order valence-corrected chi connectivity index (χ4v) is 2.98. The lowest BCUT2D eigenvalue weighted by Gasteiger charge is -2.08. The molecular weight excluding hydrogens is 382 g/mol. The summed E-state index contributed by atoms with van der Waals surface area (Å²) in [6.07, 6.45) is 0. The number of anilines is 2. The lowest BCUT2D eigenvalue weighted by Crippen LogP contribution is -2.12. The van der Waals surface area contributed by atoms with E-state index < -0.39 is 5.63 Å². The molecular formula is C23H17N3O4. The molecule has 0 saturated carbocycles. The maximum Gasteiger partial charge on any atom is 0.347 e. The zero-order valence-corrected chi connectivity index (χ0v) is 16.0. The van der Waals surface area contributed by atoms with Gasteiger partial charge in [-0.2, -0.15) is 0 Å². The highest BCUT2D eigenvalue weighted by atomic mass is 16.4. The van der Waals surface area contributed by atoms with Crippen LogP contribution >= 0.6 is 0 Å². The quantitative estimate of drug-likeness (QED) is 0.539. The van der Waals surface area contributed by atoms with E-state index in [1.165, 1.54) is 6.92 Å². The van der Waals surface area contributed by atoms with E-state index in [9.17, 15) is 14.4 Å². The molecule has 0 atom stereocenters. The van der Waals surface area contributed by atoms with Gasteiger partial charge in [0.25, 0.3) is 5.91 Å². The van der Waals surface area contributed by atoms with Gasteiger partial charge in [0, 0.05) is 29.4 Å². The molecule has 30 heavy (non-hydrogen) atoms. The molecule has 0 aliphatic rings. The Labute approximate surface area is 171 Å². The highest BCUT2D eigenvalue weighted by molar-refractivity contribution is 6.04. The number of nitrogens with zero attached hydrogens (tertiary/aromatic N) is 1. The Balaban J connectivity index is 1.57. The summed E-state index contributed by atoms with van der Waals surface area (Å²) in [6.45, 7) is 1.42. The Morgan fingerprint density at radius 2 is 1.63 bits per heavy atom. The second-order valence-electron chi connectivity index (χ2n) is 6.62. The largest absolute Gasteiger partial charge is 0.403 e. The van der Waals surface area contributed by atoms with Gasteiger partial charge in [-0.05, 0) is 54.6 Å². The Kier molecular flexibility index (Phi) is 5.09. The number of hydrogen-bond donors (Lipinski definition) is 2. The monoisotopic (exact) mass is 399 g/mol. The molecule has 148 valence electrons. The van der Waals surface area contributed by atoms with E-state index >= 15 is 0 Å². The number of para-hydroxylation sites is 1. The second kappa shape index (κ2) is 8.00. The molecule has 0 aliphatic heterocycles. The molecule has 7 heteroatoms. The summed E-state index contributed by atoms with van der Waals surface area (Å²) in [4.78, 5) is 40.2. The number of amides is 2. The van der Waals surface area contributed by atoms with Crippen molar-refractivity contribution in [1.29, 1.82) is 0 Å². The molecule has 0 unspecified atom stereocenters. The van der Waals surface area contributed by atoms with Crippen LogP contribution in [-0.4, -0.2) is 16.8 Å². The van der Waals surface area contributed by atoms with Crippen LogP contribution in [0.4, 0.5) is 11.4 Å². The van der Waals surface area contributed by atoms with Crippen molar-refractivity contribution in [2.75, 3.05) is 10.6 Å². The van der Waals surface area contributed by atoms with Crippen LogP contribution in [0.3, 0.4) is 0 Å². The third-order valence-corrected chi connectivity index (χ3v) is 4.37. The van der Waals surface area contributed by atoms with Crippen LogP contribution in [-0.2, 0) is 4.79 Å². The van der Waals surface area contributed by atoms with Crippen molar-refractivity contribution >= 4 is 34.1 Å². The standard InChI is InChI=1S/C23H17N3O4/c1-14(27)24-17-11-9-15(10-12-17)21(28)25-18-6-4-5-16(13-18)22-26-20-8-3-2-7-19(20)23(29)30-22/h2-13H,1H3,(H,24,27)(H,25,28). The highest BCUT2D eigenvalue weighted by Crippen LogP contribution is 2.22. The first-order chi connectivity index (χ1) is 14.5. The van der Waals surface area contributed by atoms with Crippen LogP contribution < -0.4 is 16.3 Å². The van der Waals surface area contributed by atoms with Crippen LogP contribution in [0.2, 0.25) is 0 Å². The number of carbonyl (C=O) groups excluding carboxylic acids is 2. The van der Waals surface area contributed by atoms with Crippen LogP contribution in [0.25, 0.3) is 22.4 Å². The summed E-state index contributed by atoms with van der Waals surface area (Å²) in [5.74, 6) is -0.318. The Morgan fingerprint density at radius 3 is 2.40 bits per heavy atom. The molecule has 0 fully saturated rings. The Hall–Kier alpha value is -4.26.